The van der Waals surface area contributed by atoms with Crippen LogP contribution in [0.4, 0.5) is 4.79 Å². The van der Waals surface area contributed by atoms with Crippen molar-refractivity contribution in [1.29, 1.82) is 0 Å². The van der Waals surface area contributed by atoms with Crippen LogP contribution in [0.25, 0.3) is 5.65 Å². The maximum atomic E-state index is 13.0. The fraction of sp³-hybridized carbons (Fsp3) is 0.273. The van der Waals surface area contributed by atoms with Gasteiger partial charge in [0.25, 0.3) is 11.5 Å². The van der Waals surface area contributed by atoms with Gasteiger partial charge in [-0.05, 0) is 49.6 Å². The summed E-state index contributed by atoms with van der Waals surface area (Å²) in [6, 6.07) is 13.7. The van der Waals surface area contributed by atoms with E-state index in [1.807, 2.05) is 24.3 Å². The van der Waals surface area contributed by atoms with Crippen LogP contribution in [0.5, 0.6) is 5.75 Å². The molecule has 4 rings (SSSR count). The molecule has 0 bridgehead atoms. The minimum Gasteiger partial charge on any atom is -0.497 e. The summed E-state index contributed by atoms with van der Waals surface area (Å²) in [6.45, 7) is 1.67. The lowest BCUT2D eigenvalue weighted by Crippen LogP contribution is -2.44. The number of fused-ring (bicyclic) bond motifs is 1. The predicted molar refractivity (Wildman–Crippen MR) is 110 cm³/mol. The number of nitrogens with one attached hydrogen (secondary N) is 1. The Morgan fingerprint density at radius 3 is 2.60 bits per heavy atom. The molecule has 8 heteroatoms. The van der Waals surface area contributed by atoms with E-state index in [4.69, 9.17) is 4.74 Å². The zero-order chi connectivity index (χ0) is 21.3. The van der Waals surface area contributed by atoms with Gasteiger partial charge in [0.1, 0.15) is 16.9 Å². The zero-order valence-corrected chi connectivity index (χ0v) is 16.8. The van der Waals surface area contributed by atoms with Crippen LogP contribution in [0.15, 0.2) is 59.5 Å². The molecule has 1 fully saturated rings. The average molecular weight is 406 g/mol. The van der Waals surface area contributed by atoms with E-state index in [9.17, 15) is 14.4 Å². The van der Waals surface area contributed by atoms with Crippen LogP contribution in [-0.2, 0) is 17.8 Å². The first-order valence-electron chi connectivity index (χ1n) is 9.64. The Kier molecular flexibility index (Phi) is 4.99. The average Bonchev–Trinajstić information content (AvgIpc) is 2.96. The summed E-state index contributed by atoms with van der Waals surface area (Å²) in [6.07, 6.45) is 2.70. The molecule has 1 aliphatic heterocycles. The highest BCUT2D eigenvalue weighted by atomic mass is 16.5. The van der Waals surface area contributed by atoms with Gasteiger partial charge in [0.05, 0.1) is 19.3 Å². The van der Waals surface area contributed by atoms with Crippen LogP contribution >= 0.6 is 0 Å². The van der Waals surface area contributed by atoms with Crippen LogP contribution in [0.1, 0.15) is 24.6 Å². The number of hydrogen-bond donors (Lipinski definition) is 1. The van der Waals surface area contributed by atoms with Crippen molar-refractivity contribution in [3.05, 3.63) is 76.3 Å². The quantitative estimate of drug-likeness (QED) is 0.633. The number of amides is 3. The number of imide groups is 1. The van der Waals surface area contributed by atoms with E-state index in [1.165, 1.54) is 10.5 Å². The summed E-state index contributed by atoms with van der Waals surface area (Å²) in [5.74, 6) is 0.441. The SMILES string of the molecule is COc1ccc(CCC2(C)NC(=O)N(Cc3cc(=O)n4ccccc4n3)C2=O)cc1. The molecule has 1 saturated heterocycles. The third-order valence-corrected chi connectivity index (χ3v) is 5.36. The van der Waals surface area contributed by atoms with Crippen molar-refractivity contribution in [2.75, 3.05) is 7.11 Å². The smallest absolute Gasteiger partial charge is 0.325 e. The van der Waals surface area contributed by atoms with E-state index < -0.39 is 11.6 Å². The van der Waals surface area contributed by atoms with Gasteiger partial charge < -0.3 is 10.1 Å². The van der Waals surface area contributed by atoms with E-state index in [0.717, 1.165) is 16.2 Å². The Morgan fingerprint density at radius 2 is 1.87 bits per heavy atom. The summed E-state index contributed by atoms with van der Waals surface area (Å²) in [5, 5.41) is 2.80. The van der Waals surface area contributed by atoms with Gasteiger partial charge in [0, 0.05) is 12.3 Å². The topological polar surface area (TPSA) is 93.0 Å². The molecule has 2 aromatic heterocycles. The molecule has 0 aliphatic carbocycles. The predicted octanol–water partition coefficient (Wildman–Crippen LogP) is 2.15. The van der Waals surface area contributed by atoms with Crippen molar-refractivity contribution < 1.29 is 14.3 Å². The van der Waals surface area contributed by atoms with Gasteiger partial charge in [0.2, 0.25) is 0 Å². The molecule has 0 spiro atoms. The molecule has 0 saturated carbocycles. The molecule has 1 aromatic carbocycles. The number of aromatic nitrogens is 2. The number of hydrogen-bond acceptors (Lipinski definition) is 5. The molecular weight excluding hydrogens is 384 g/mol. The van der Waals surface area contributed by atoms with Crippen LogP contribution < -0.4 is 15.6 Å². The summed E-state index contributed by atoms with van der Waals surface area (Å²) in [4.78, 5) is 43.3. The lowest BCUT2D eigenvalue weighted by Gasteiger charge is -2.21. The third-order valence-electron chi connectivity index (χ3n) is 5.36. The number of nitrogens with zero attached hydrogens (tertiary/aromatic N) is 3. The standard InChI is InChI=1S/C22H22N4O4/c1-22(11-10-15-6-8-17(30-2)9-7-15)20(28)26(21(29)24-22)14-16-13-19(27)25-12-4-3-5-18(25)23-16/h3-9,12-13H,10-11,14H2,1-2H3,(H,24,29). The lowest BCUT2D eigenvalue weighted by atomic mass is 9.93. The maximum absolute atomic E-state index is 13.0. The summed E-state index contributed by atoms with van der Waals surface area (Å²) in [5.41, 5.74) is 0.609. The minimum atomic E-state index is -1.01. The summed E-state index contributed by atoms with van der Waals surface area (Å²) in [7, 11) is 1.61. The molecule has 1 atom stereocenters. The van der Waals surface area contributed by atoms with E-state index in [0.29, 0.717) is 24.2 Å². The van der Waals surface area contributed by atoms with Crippen molar-refractivity contribution in [1.82, 2.24) is 19.6 Å². The first-order chi connectivity index (χ1) is 14.4. The maximum Gasteiger partial charge on any atom is 0.325 e. The molecular formula is C22H22N4O4. The fourth-order valence-corrected chi connectivity index (χ4v) is 3.59. The van der Waals surface area contributed by atoms with E-state index >= 15 is 0 Å². The van der Waals surface area contributed by atoms with Crippen LogP contribution in [-0.4, -0.2) is 38.9 Å². The highest BCUT2D eigenvalue weighted by Gasteiger charge is 2.47. The van der Waals surface area contributed by atoms with Crippen LogP contribution in [0.3, 0.4) is 0 Å². The fourth-order valence-electron chi connectivity index (χ4n) is 3.59. The number of carbonyl (C=O) groups excluding carboxylic acids is 2. The molecule has 1 aliphatic rings. The number of aryl methyl sites for hydroxylation is 1. The largest absolute Gasteiger partial charge is 0.497 e. The number of benzene rings is 1. The lowest BCUT2D eigenvalue weighted by molar-refractivity contribution is -0.131. The molecule has 3 heterocycles. The van der Waals surface area contributed by atoms with Gasteiger partial charge in [0.15, 0.2) is 0 Å². The molecule has 8 nitrogen and oxygen atoms in total. The zero-order valence-electron chi connectivity index (χ0n) is 16.8. The number of urea groups is 1. The Morgan fingerprint density at radius 1 is 1.10 bits per heavy atom. The number of carbonyl (C=O) groups is 2. The van der Waals surface area contributed by atoms with Gasteiger partial charge in [-0.15, -0.1) is 0 Å². The second kappa shape index (κ2) is 7.62. The molecule has 30 heavy (non-hydrogen) atoms. The Hall–Kier alpha value is -3.68. The Bertz CT molecular complexity index is 1170. The second-order valence-electron chi connectivity index (χ2n) is 7.52. The van der Waals surface area contributed by atoms with Crippen molar-refractivity contribution in [3.8, 4) is 5.75 Å². The van der Waals surface area contributed by atoms with Gasteiger partial charge >= 0.3 is 6.03 Å². The molecule has 1 N–H and O–H groups in total. The van der Waals surface area contributed by atoms with E-state index in [1.54, 1.807) is 38.4 Å². The monoisotopic (exact) mass is 406 g/mol. The number of ether oxygens (including phenoxy) is 1. The number of methoxy groups -OCH3 is 1. The molecule has 0 radical (unpaired) electrons. The molecule has 154 valence electrons. The highest BCUT2D eigenvalue weighted by molar-refractivity contribution is 6.06. The van der Waals surface area contributed by atoms with Gasteiger partial charge in [-0.3, -0.25) is 18.9 Å². The second-order valence-corrected chi connectivity index (χ2v) is 7.52. The minimum absolute atomic E-state index is 0.0522. The van der Waals surface area contributed by atoms with Gasteiger partial charge in [-0.25, -0.2) is 9.78 Å². The first-order valence-corrected chi connectivity index (χ1v) is 9.64. The van der Waals surface area contributed by atoms with E-state index in [2.05, 4.69) is 10.3 Å². The molecule has 3 aromatic rings. The van der Waals surface area contributed by atoms with Crippen LogP contribution in [0.2, 0.25) is 0 Å². The normalized spacial score (nSPS) is 18.7. The van der Waals surface area contributed by atoms with Crippen molar-refractivity contribution >= 4 is 17.6 Å². The van der Waals surface area contributed by atoms with Gasteiger partial charge in [-0.1, -0.05) is 18.2 Å². The molecule has 3 amide bonds. The highest BCUT2D eigenvalue weighted by Crippen LogP contribution is 2.25. The van der Waals surface area contributed by atoms with E-state index in [-0.39, 0.29) is 18.0 Å². The number of pyridine rings is 1. The third kappa shape index (κ3) is 3.63. The summed E-state index contributed by atoms with van der Waals surface area (Å²) < 4.78 is 6.57. The van der Waals surface area contributed by atoms with Crippen molar-refractivity contribution in [2.45, 2.75) is 31.8 Å². The molecule has 1 unspecified atom stereocenters. The number of rotatable bonds is 6. The van der Waals surface area contributed by atoms with Gasteiger partial charge in [-0.2, -0.15) is 0 Å². The van der Waals surface area contributed by atoms with Crippen molar-refractivity contribution in [3.63, 3.8) is 0 Å². The Balaban J connectivity index is 1.49. The van der Waals surface area contributed by atoms with Crippen molar-refractivity contribution in [2.24, 2.45) is 0 Å². The first kappa shape index (κ1) is 19.6. The van der Waals surface area contributed by atoms with Crippen LogP contribution in [0, 0.1) is 0 Å². The summed E-state index contributed by atoms with van der Waals surface area (Å²) >= 11 is 0. The Labute approximate surface area is 173 Å².